The molecule has 2 aromatic heterocycles. The molecule has 0 saturated carbocycles. The van der Waals surface area contributed by atoms with Crippen LogP contribution in [0.25, 0.3) is 11.1 Å². The van der Waals surface area contributed by atoms with Gasteiger partial charge in [-0.3, -0.25) is 5.32 Å². The Hall–Kier alpha value is -1.44. The number of benzene rings is 1. The standard InChI is InChI=1S/C9H5FN4O2.Na.H/c10-5-1-2-6-7(3-5)16-8(12-6)13-9-14-11-4-15-9;;/h1-4H,(H,12,13,14);;/q;+1;-1. The molecular weight excluding hydrogens is 238 g/mol. The molecule has 0 saturated heterocycles. The number of nitrogens with zero attached hydrogens (tertiary/aromatic N) is 3. The summed E-state index contributed by atoms with van der Waals surface area (Å²) in [5, 5.41) is 9.73. The van der Waals surface area contributed by atoms with Crippen LogP contribution in [0.15, 0.2) is 33.4 Å². The van der Waals surface area contributed by atoms with Gasteiger partial charge in [-0.1, -0.05) is 5.10 Å². The van der Waals surface area contributed by atoms with Crippen LogP contribution < -0.4 is 34.9 Å². The maximum Gasteiger partial charge on any atom is 1.00 e. The maximum atomic E-state index is 12.9. The van der Waals surface area contributed by atoms with Crippen LogP contribution in [0.5, 0.6) is 0 Å². The van der Waals surface area contributed by atoms with Gasteiger partial charge in [0, 0.05) is 6.07 Å². The second-order valence-electron chi connectivity index (χ2n) is 3.00. The third-order valence-corrected chi connectivity index (χ3v) is 1.92. The molecule has 0 unspecified atom stereocenters. The summed E-state index contributed by atoms with van der Waals surface area (Å²) in [6, 6.07) is 4.41. The third-order valence-electron chi connectivity index (χ3n) is 1.92. The molecule has 0 aliphatic heterocycles. The van der Waals surface area contributed by atoms with Crippen LogP contribution in [0.3, 0.4) is 0 Å². The molecule has 3 aromatic rings. The van der Waals surface area contributed by atoms with Crippen molar-refractivity contribution in [3.05, 3.63) is 30.4 Å². The van der Waals surface area contributed by atoms with Crippen LogP contribution in [0, 0.1) is 5.82 Å². The summed E-state index contributed by atoms with van der Waals surface area (Å²) in [5.74, 6) is -0.381. The predicted molar refractivity (Wildman–Crippen MR) is 52.7 cm³/mol. The summed E-state index contributed by atoms with van der Waals surface area (Å²) < 4.78 is 23.0. The van der Waals surface area contributed by atoms with E-state index in [9.17, 15) is 4.39 Å². The second kappa shape index (κ2) is 4.82. The monoisotopic (exact) mass is 244 g/mol. The Morgan fingerprint density at radius 1 is 1.29 bits per heavy atom. The Labute approximate surface area is 118 Å². The summed E-state index contributed by atoms with van der Waals surface area (Å²) in [6.07, 6.45) is 1.17. The SMILES string of the molecule is Fc1ccc2nc(Nc3nnco3)oc2c1.[H-].[Na+]. The topological polar surface area (TPSA) is 77.0 Å². The van der Waals surface area contributed by atoms with Gasteiger partial charge in [0.1, 0.15) is 11.3 Å². The molecule has 0 aliphatic carbocycles. The van der Waals surface area contributed by atoms with Crippen molar-refractivity contribution < 1.29 is 44.2 Å². The molecule has 0 atom stereocenters. The van der Waals surface area contributed by atoms with E-state index >= 15 is 0 Å². The van der Waals surface area contributed by atoms with E-state index in [1.165, 1.54) is 24.6 Å². The molecule has 0 aliphatic rings. The fourth-order valence-corrected chi connectivity index (χ4v) is 1.27. The van der Waals surface area contributed by atoms with Gasteiger partial charge in [-0.05, 0) is 12.1 Å². The Morgan fingerprint density at radius 3 is 2.94 bits per heavy atom. The number of rotatable bonds is 2. The number of anilines is 2. The van der Waals surface area contributed by atoms with Crippen molar-refractivity contribution in [2.24, 2.45) is 0 Å². The fourth-order valence-electron chi connectivity index (χ4n) is 1.27. The van der Waals surface area contributed by atoms with Gasteiger partial charge < -0.3 is 10.3 Å². The average Bonchev–Trinajstić information content (AvgIpc) is 2.86. The molecule has 1 aromatic carbocycles. The molecule has 0 spiro atoms. The van der Waals surface area contributed by atoms with Gasteiger partial charge in [0.2, 0.25) is 6.39 Å². The van der Waals surface area contributed by atoms with Gasteiger partial charge in [-0.2, -0.15) is 4.98 Å². The van der Waals surface area contributed by atoms with E-state index in [0.29, 0.717) is 11.1 Å². The fraction of sp³-hybridized carbons (Fsp3) is 0. The zero-order valence-electron chi connectivity index (χ0n) is 9.85. The Balaban J connectivity index is 0.000000810. The molecule has 0 fully saturated rings. The van der Waals surface area contributed by atoms with Gasteiger partial charge in [-0.15, -0.1) is 5.10 Å². The summed E-state index contributed by atoms with van der Waals surface area (Å²) in [4.78, 5) is 4.06. The first-order valence-electron chi connectivity index (χ1n) is 4.40. The quantitative estimate of drug-likeness (QED) is 0.595. The van der Waals surface area contributed by atoms with Gasteiger partial charge in [0.15, 0.2) is 5.58 Å². The zero-order chi connectivity index (χ0) is 11.0. The van der Waals surface area contributed by atoms with Crippen molar-refractivity contribution >= 4 is 23.1 Å². The maximum absolute atomic E-state index is 12.9. The van der Waals surface area contributed by atoms with Gasteiger partial charge in [0.05, 0.1) is 0 Å². The van der Waals surface area contributed by atoms with Crippen LogP contribution in [0.2, 0.25) is 0 Å². The number of halogens is 1. The average molecular weight is 244 g/mol. The van der Waals surface area contributed by atoms with Crippen LogP contribution in [-0.4, -0.2) is 15.2 Å². The number of nitrogens with one attached hydrogen (secondary N) is 1. The summed E-state index contributed by atoms with van der Waals surface area (Å²) >= 11 is 0. The first-order valence-corrected chi connectivity index (χ1v) is 4.40. The molecule has 8 heteroatoms. The van der Waals surface area contributed by atoms with Crippen molar-refractivity contribution in [2.75, 3.05) is 5.32 Å². The molecule has 3 rings (SSSR count). The number of aromatic nitrogens is 3. The van der Waals surface area contributed by atoms with Crippen molar-refractivity contribution in [1.29, 1.82) is 0 Å². The molecular formula is C9H6FN4NaO2. The van der Waals surface area contributed by atoms with Gasteiger partial charge in [0.25, 0.3) is 0 Å². The van der Waals surface area contributed by atoms with Gasteiger partial charge >= 0.3 is 41.6 Å². The van der Waals surface area contributed by atoms with Crippen molar-refractivity contribution in [3.63, 3.8) is 0 Å². The molecule has 0 amide bonds. The van der Waals surface area contributed by atoms with Crippen LogP contribution in [0.4, 0.5) is 16.4 Å². The van der Waals surface area contributed by atoms with E-state index < -0.39 is 0 Å². The van der Waals surface area contributed by atoms with Gasteiger partial charge in [-0.25, -0.2) is 4.39 Å². The van der Waals surface area contributed by atoms with Crippen molar-refractivity contribution in [3.8, 4) is 0 Å². The van der Waals surface area contributed by atoms with Crippen LogP contribution in [0.1, 0.15) is 1.43 Å². The minimum atomic E-state index is -0.381. The smallest absolute Gasteiger partial charge is 1.00 e. The zero-order valence-corrected chi connectivity index (χ0v) is 10.8. The number of hydrogen-bond donors (Lipinski definition) is 1. The summed E-state index contributed by atoms with van der Waals surface area (Å²) in [6.45, 7) is 0. The second-order valence-corrected chi connectivity index (χ2v) is 3.00. The molecule has 0 bridgehead atoms. The van der Waals surface area contributed by atoms with E-state index in [0.717, 1.165) is 0 Å². The molecule has 6 nitrogen and oxygen atoms in total. The normalized spacial score (nSPS) is 10.2. The molecule has 17 heavy (non-hydrogen) atoms. The largest absolute Gasteiger partial charge is 1.00 e. The number of hydrogen-bond acceptors (Lipinski definition) is 6. The van der Waals surface area contributed by atoms with Crippen LogP contribution >= 0.6 is 0 Å². The van der Waals surface area contributed by atoms with Crippen molar-refractivity contribution in [2.45, 2.75) is 0 Å². The van der Waals surface area contributed by atoms with E-state index in [-0.39, 0.29) is 48.8 Å². The number of fused-ring (bicyclic) bond motifs is 1. The van der Waals surface area contributed by atoms with E-state index in [1.807, 2.05) is 0 Å². The Kier molecular flexibility index (Phi) is 3.41. The molecule has 0 radical (unpaired) electrons. The minimum Gasteiger partial charge on any atom is -1.00 e. The van der Waals surface area contributed by atoms with E-state index in [2.05, 4.69) is 20.5 Å². The predicted octanol–water partition coefficient (Wildman–Crippen LogP) is -0.790. The van der Waals surface area contributed by atoms with E-state index in [4.69, 9.17) is 8.83 Å². The molecule has 1 N–H and O–H groups in total. The third kappa shape index (κ3) is 2.46. The van der Waals surface area contributed by atoms with Crippen LogP contribution in [-0.2, 0) is 0 Å². The first kappa shape index (κ1) is 12.0. The number of oxazole rings is 1. The minimum absolute atomic E-state index is 0. The summed E-state index contributed by atoms with van der Waals surface area (Å²) in [7, 11) is 0. The van der Waals surface area contributed by atoms with E-state index in [1.54, 1.807) is 0 Å². The molecule has 82 valence electrons. The Morgan fingerprint density at radius 2 is 2.18 bits per heavy atom. The first-order chi connectivity index (χ1) is 7.81. The van der Waals surface area contributed by atoms with Crippen molar-refractivity contribution in [1.82, 2.24) is 15.2 Å². The Bertz CT molecular complexity index is 631. The molecule has 2 heterocycles. The summed E-state index contributed by atoms with van der Waals surface area (Å²) in [5.41, 5.74) is 0.894.